The van der Waals surface area contributed by atoms with Crippen molar-refractivity contribution < 1.29 is 9.21 Å². The van der Waals surface area contributed by atoms with Crippen LogP contribution in [0.5, 0.6) is 0 Å². The minimum absolute atomic E-state index is 0.00218. The summed E-state index contributed by atoms with van der Waals surface area (Å²) in [6.07, 6.45) is 2.22. The summed E-state index contributed by atoms with van der Waals surface area (Å²) < 4.78 is 5.81. The van der Waals surface area contributed by atoms with Crippen LogP contribution in [0.1, 0.15) is 38.5 Å². The van der Waals surface area contributed by atoms with E-state index in [0.717, 1.165) is 29.6 Å². The SMILES string of the molecule is CC(NC(C)c1cc2ccccc2o1)C(=O)NC1CC1. The molecule has 0 spiro atoms. The van der Waals surface area contributed by atoms with Crippen LogP contribution in [0.3, 0.4) is 0 Å². The van der Waals surface area contributed by atoms with Crippen LogP contribution in [-0.2, 0) is 4.79 Å². The van der Waals surface area contributed by atoms with Crippen molar-refractivity contribution in [1.29, 1.82) is 0 Å². The Kier molecular flexibility index (Phi) is 3.49. The molecule has 1 amide bonds. The van der Waals surface area contributed by atoms with E-state index in [2.05, 4.69) is 10.6 Å². The summed E-state index contributed by atoms with van der Waals surface area (Å²) >= 11 is 0. The number of nitrogens with one attached hydrogen (secondary N) is 2. The van der Waals surface area contributed by atoms with Crippen LogP contribution in [0.25, 0.3) is 11.0 Å². The maximum absolute atomic E-state index is 11.9. The summed E-state index contributed by atoms with van der Waals surface area (Å²) in [7, 11) is 0. The lowest BCUT2D eigenvalue weighted by atomic mass is 10.2. The first-order valence-corrected chi connectivity index (χ1v) is 7.18. The standard InChI is InChI=1S/C16H20N2O2/c1-10(17-11(2)16(19)18-13-7-8-13)15-9-12-5-3-4-6-14(12)20-15/h3-6,9-11,13,17H,7-8H2,1-2H3,(H,18,19). The van der Waals surface area contributed by atoms with Gasteiger partial charge in [0.25, 0.3) is 0 Å². The van der Waals surface area contributed by atoms with Crippen molar-refractivity contribution in [3.8, 4) is 0 Å². The smallest absolute Gasteiger partial charge is 0.237 e. The summed E-state index contributed by atoms with van der Waals surface area (Å²) in [6, 6.07) is 10.1. The molecule has 2 unspecified atom stereocenters. The summed E-state index contributed by atoms with van der Waals surface area (Å²) in [4.78, 5) is 11.9. The lowest BCUT2D eigenvalue weighted by molar-refractivity contribution is -0.123. The Morgan fingerprint density at radius 1 is 1.30 bits per heavy atom. The molecule has 3 rings (SSSR count). The molecule has 0 bridgehead atoms. The van der Waals surface area contributed by atoms with Gasteiger partial charge in [-0.2, -0.15) is 0 Å². The van der Waals surface area contributed by atoms with Gasteiger partial charge in [0.2, 0.25) is 5.91 Å². The normalized spacial score (nSPS) is 17.9. The van der Waals surface area contributed by atoms with Gasteiger partial charge >= 0.3 is 0 Å². The summed E-state index contributed by atoms with van der Waals surface area (Å²) in [5.41, 5.74) is 0.881. The van der Waals surface area contributed by atoms with Crippen LogP contribution < -0.4 is 10.6 Å². The van der Waals surface area contributed by atoms with Crippen LogP contribution >= 0.6 is 0 Å². The lowest BCUT2D eigenvalue weighted by Gasteiger charge is -2.18. The fourth-order valence-corrected chi connectivity index (χ4v) is 2.30. The van der Waals surface area contributed by atoms with Crippen molar-refractivity contribution in [3.63, 3.8) is 0 Å². The lowest BCUT2D eigenvalue weighted by Crippen LogP contribution is -2.43. The Bertz CT molecular complexity index is 583. The van der Waals surface area contributed by atoms with Crippen molar-refractivity contribution in [2.45, 2.75) is 44.8 Å². The van der Waals surface area contributed by atoms with Gasteiger partial charge in [-0.15, -0.1) is 0 Å². The van der Waals surface area contributed by atoms with Gasteiger partial charge in [-0.3, -0.25) is 10.1 Å². The highest BCUT2D eigenvalue weighted by Gasteiger charge is 2.26. The zero-order chi connectivity index (χ0) is 14.1. The summed E-state index contributed by atoms with van der Waals surface area (Å²) in [6.45, 7) is 3.90. The predicted molar refractivity (Wildman–Crippen MR) is 78.4 cm³/mol. The molecule has 1 aromatic heterocycles. The zero-order valence-electron chi connectivity index (χ0n) is 11.8. The van der Waals surface area contributed by atoms with E-state index in [1.165, 1.54) is 0 Å². The fraction of sp³-hybridized carbons (Fsp3) is 0.438. The number of amides is 1. The van der Waals surface area contributed by atoms with Gasteiger partial charge in [0.15, 0.2) is 0 Å². The average molecular weight is 272 g/mol. The molecule has 1 aliphatic rings. The van der Waals surface area contributed by atoms with Crippen molar-refractivity contribution >= 4 is 16.9 Å². The Morgan fingerprint density at radius 3 is 2.75 bits per heavy atom. The Hall–Kier alpha value is -1.81. The first-order valence-electron chi connectivity index (χ1n) is 7.18. The first-order chi connectivity index (χ1) is 9.63. The second kappa shape index (κ2) is 5.29. The van der Waals surface area contributed by atoms with E-state index >= 15 is 0 Å². The highest BCUT2D eigenvalue weighted by Crippen LogP contribution is 2.24. The second-order valence-electron chi connectivity index (χ2n) is 5.58. The van der Waals surface area contributed by atoms with Gasteiger partial charge in [-0.05, 0) is 38.8 Å². The minimum atomic E-state index is -0.223. The van der Waals surface area contributed by atoms with Gasteiger partial charge in [-0.1, -0.05) is 18.2 Å². The molecule has 1 fully saturated rings. The van der Waals surface area contributed by atoms with E-state index in [9.17, 15) is 4.79 Å². The first kappa shape index (κ1) is 13.2. The maximum atomic E-state index is 11.9. The molecule has 1 aromatic carbocycles. The van der Waals surface area contributed by atoms with Crippen LogP contribution in [-0.4, -0.2) is 18.0 Å². The maximum Gasteiger partial charge on any atom is 0.237 e. The van der Waals surface area contributed by atoms with Gasteiger partial charge in [-0.25, -0.2) is 0 Å². The van der Waals surface area contributed by atoms with Crippen molar-refractivity contribution in [2.24, 2.45) is 0 Å². The van der Waals surface area contributed by atoms with Gasteiger partial charge in [0.1, 0.15) is 11.3 Å². The van der Waals surface area contributed by atoms with E-state index in [1.807, 2.05) is 44.2 Å². The average Bonchev–Trinajstić information content (AvgIpc) is 3.13. The number of carbonyl (C=O) groups is 1. The van der Waals surface area contributed by atoms with E-state index in [4.69, 9.17) is 4.42 Å². The van der Waals surface area contributed by atoms with Gasteiger partial charge in [0, 0.05) is 11.4 Å². The number of furan rings is 1. The molecule has 2 N–H and O–H groups in total. The molecule has 106 valence electrons. The Labute approximate surface area is 118 Å². The molecular weight excluding hydrogens is 252 g/mol. The molecule has 0 aliphatic heterocycles. The number of hydrogen-bond acceptors (Lipinski definition) is 3. The molecule has 1 saturated carbocycles. The van der Waals surface area contributed by atoms with E-state index < -0.39 is 0 Å². The van der Waals surface area contributed by atoms with E-state index in [1.54, 1.807) is 0 Å². The highest BCUT2D eigenvalue weighted by molar-refractivity contribution is 5.82. The van der Waals surface area contributed by atoms with Crippen LogP contribution in [0.4, 0.5) is 0 Å². The van der Waals surface area contributed by atoms with Crippen LogP contribution in [0.15, 0.2) is 34.7 Å². The van der Waals surface area contributed by atoms with E-state index in [0.29, 0.717) is 6.04 Å². The third-order valence-corrected chi connectivity index (χ3v) is 3.69. The number of benzene rings is 1. The monoisotopic (exact) mass is 272 g/mol. The van der Waals surface area contributed by atoms with Crippen molar-refractivity contribution in [1.82, 2.24) is 10.6 Å². The molecule has 1 aliphatic carbocycles. The molecule has 4 nitrogen and oxygen atoms in total. The third-order valence-electron chi connectivity index (χ3n) is 3.69. The molecule has 1 heterocycles. The molecule has 2 atom stereocenters. The largest absolute Gasteiger partial charge is 0.459 e. The summed E-state index contributed by atoms with van der Waals surface area (Å²) in [5.74, 6) is 0.924. The zero-order valence-corrected chi connectivity index (χ0v) is 11.8. The topological polar surface area (TPSA) is 54.3 Å². The number of fused-ring (bicyclic) bond motifs is 1. The van der Waals surface area contributed by atoms with Crippen molar-refractivity contribution in [2.75, 3.05) is 0 Å². The second-order valence-corrected chi connectivity index (χ2v) is 5.58. The molecule has 20 heavy (non-hydrogen) atoms. The highest BCUT2D eigenvalue weighted by atomic mass is 16.3. The number of hydrogen-bond donors (Lipinski definition) is 2. The van der Waals surface area contributed by atoms with E-state index in [-0.39, 0.29) is 18.0 Å². The van der Waals surface area contributed by atoms with Gasteiger partial charge < -0.3 is 9.73 Å². The quantitative estimate of drug-likeness (QED) is 0.880. The number of para-hydroxylation sites is 1. The molecule has 4 heteroatoms. The summed E-state index contributed by atoms with van der Waals surface area (Å²) in [5, 5.41) is 7.38. The molecular formula is C16H20N2O2. The number of carbonyl (C=O) groups excluding carboxylic acids is 1. The predicted octanol–water partition coefficient (Wildman–Crippen LogP) is 2.75. The molecule has 2 aromatic rings. The minimum Gasteiger partial charge on any atom is -0.459 e. The fourth-order valence-electron chi connectivity index (χ4n) is 2.30. The molecule has 0 radical (unpaired) electrons. The van der Waals surface area contributed by atoms with Crippen molar-refractivity contribution in [3.05, 3.63) is 36.1 Å². The molecule has 0 saturated heterocycles. The van der Waals surface area contributed by atoms with Gasteiger partial charge in [0.05, 0.1) is 12.1 Å². The van der Waals surface area contributed by atoms with Crippen LogP contribution in [0, 0.1) is 0 Å². The van der Waals surface area contributed by atoms with Crippen LogP contribution in [0.2, 0.25) is 0 Å². The third kappa shape index (κ3) is 2.85. The number of rotatable bonds is 5. The Balaban J connectivity index is 1.65. The Morgan fingerprint density at radius 2 is 2.05 bits per heavy atom.